The molecule has 0 aromatic carbocycles. The van der Waals surface area contributed by atoms with Crippen molar-refractivity contribution in [2.24, 2.45) is 16.9 Å². The van der Waals surface area contributed by atoms with Crippen LogP contribution in [0, 0.1) is 5.41 Å². The number of rotatable bonds is 8. The van der Waals surface area contributed by atoms with Gasteiger partial charge in [-0.05, 0) is 18.3 Å². The van der Waals surface area contributed by atoms with Crippen LogP contribution in [0.5, 0.6) is 0 Å². The van der Waals surface area contributed by atoms with Crippen LogP contribution in [0.3, 0.4) is 0 Å². The molecule has 0 aliphatic heterocycles. The van der Waals surface area contributed by atoms with Gasteiger partial charge in [0.15, 0.2) is 0 Å². The second kappa shape index (κ2) is 8.91. The highest BCUT2D eigenvalue weighted by molar-refractivity contribution is 5.83. The summed E-state index contributed by atoms with van der Waals surface area (Å²) < 4.78 is 4.23. The molecule has 1 unspecified atom stereocenters. The Morgan fingerprint density at radius 3 is 2.11 bits per heavy atom. The smallest absolute Gasteiger partial charge is 0.376 e. The summed E-state index contributed by atoms with van der Waals surface area (Å²) in [4.78, 5) is 21.3. The van der Waals surface area contributed by atoms with E-state index < -0.39 is 12.1 Å². The van der Waals surface area contributed by atoms with Crippen LogP contribution in [0.15, 0.2) is 0 Å². The third-order valence-corrected chi connectivity index (χ3v) is 3.22. The molecular formula is C14H28N2O3. The molecule has 112 valence electrons. The third kappa shape index (κ3) is 10.5. The lowest BCUT2D eigenvalue weighted by atomic mass is 9.84. The summed E-state index contributed by atoms with van der Waals surface area (Å²) in [6.07, 6.45) is 5.26. The van der Waals surface area contributed by atoms with E-state index in [2.05, 4.69) is 25.5 Å². The van der Waals surface area contributed by atoms with E-state index in [1.807, 2.05) is 0 Å². The van der Waals surface area contributed by atoms with E-state index in [0.29, 0.717) is 0 Å². The first-order valence-electron chi connectivity index (χ1n) is 6.99. The Morgan fingerprint density at radius 2 is 1.58 bits per heavy atom. The molecule has 0 radical (unpaired) electrons. The maximum Gasteiger partial charge on any atom is 0.412 e. The van der Waals surface area contributed by atoms with Crippen LogP contribution in [0.4, 0.5) is 4.79 Å². The zero-order valence-corrected chi connectivity index (χ0v) is 12.4. The van der Waals surface area contributed by atoms with Crippen LogP contribution in [-0.2, 0) is 9.53 Å². The molecule has 1 atom stereocenters. The van der Waals surface area contributed by atoms with E-state index in [-0.39, 0.29) is 17.9 Å². The molecule has 1 amide bonds. The Bertz CT molecular complexity index is 285. The van der Waals surface area contributed by atoms with Crippen molar-refractivity contribution in [1.29, 1.82) is 0 Å². The molecule has 0 aromatic heterocycles. The quantitative estimate of drug-likeness (QED) is 0.403. The first-order chi connectivity index (χ1) is 8.73. The molecule has 0 fully saturated rings. The van der Waals surface area contributed by atoms with E-state index in [1.165, 1.54) is 0 Å². The molecule has 19 heavy (non-hydrogen) atoms. The highest BCUT2D eigenvalue weighted by atomic mass is 16.6. The largest absolute Gasteiger partial charge is 0.412 e. The molecule has 0 bridgehead atoms. The SMILES string of the molecule is CC(C)(C)C(N)CCCCCCCC(=O)OC(N)=O. The Morgan fingerprint density at radius 1 is 1.05 bits per heavy atom. The Labute approximate surface area is 116 Å². The van der Waals surface area contributed by atoms with Crippen molar-refractivity contribution in [2.75, 3.05) is 0 Å². The predicted molar refractivity (Wildman–Crippen MR) is 75.4 cm³/mol. The average Bonchev–Trinajstić information content (AvgIpc) is 2.25. The molecule has 0 heterocycles. The molecular weight excluding hydrogens is 244 g/mol. The Kier molecular flexibility index (Phi) is 8.39. The zero-order valence-electron chi connectivity index (χ0n) is 12.4. The van der Waals surface area contributed by atoms with Gasteiger partial charge in [-0.15, -0.1) is 0 Å². The van der Waals surface area contributed by atoms with Gasteiger partial charge in [-0.3, -0.25) is 4.79 Å². The second-order valence-corrected chi connectivity index (χ2v) is 6.07. The van der Waals surface area contributed by atoms with E-state index in [4.69, 9.17) is 11.5 Å². The lowest BCUT2D eigenvalue weighted by molar-refractivity contribution is -0.137. The molecule has 0 saturated carbocycles. The van der Waals surface area contributed by atoms with Crippen molar-refractivity contribution >= 4 is 12.1 Å². The number of ether oxygens (including phenoxy) is 1. The zero-order chi connectivity index (χ0) is 14.9. The Balaban J connectivity index is 3.42. The molecule has 0 aliphatic carbocycles. The number of hydrogen-bond donors (Lipinski definition) is 2. The van der Waals surface area contributed by atoms with Crippen LogP contribution >= 0.6 is 0 Å². The fourth-order valence-electron chi connectivity index (χ4n) is 1.76. The first-order valence-corrected chi connectivity index (χ1v) is 6.99. The van der Waals surface area contributed by atoms with E-state index >= 15 is 0 Å². The van der Waals surface area contributed by atoms with Crippen molar-refractivity contribution in [3.63, 3.8) is 0 Å². The lowest BCUT2D eigenvalue weighted by Crippen LogP contribution is -2.34. The highest BCUT2D eigenvalue weighted by Gasteiger charge is 2.19. The van der Waals surface area contributed by atoms with Crippen LogP contribution in [0.1, 0.15) is 65.7 Å². The van der Waals surface area contributed by atoms with Gasteiger partial charge in [0.05, 0.1) is 0 Å². The molecule has 5 nitrogen and oxygen atoms in total. The standard InChI is InChI=1S/C14H28N2O3/c1-14(2,3)11(15)9-7-5-4-6-8-10-12(17)19-13(16)18/h11H,4-10,15H2,1-3H3,(H2,16,18). The van der Waals surface area contributed by atoms with Crippen LogP contribution in [-0.4, -0.2) is 18.1 Å². The van der Waals surface area contributed by atoms with Crippen molar-refractivity contribution < 1.29 is 14.3 Å². The van der Waals surface area contributed by atoms with Crippen molar-refractivity contribution in [3.05, 3.63) is 0 Å². The van der Waals surface area contributed by atoms with Gasteiger partial charge in [0.1, 0.15) is 0 Å². The van der Waals surface area contributed by atoms with Crippen LogP contribution in [0.2, 0.25) is 0 Å². The monoisotopic (exact) mass is 272 g/mol. The number of unbranched alkanes of at least 4 members (excludes halogenated alkanes) is 4. The molecule has 0 aliphatic rings. The van der Waals surface area contributed by atoms with Crippen molar-refractivity contribution in [1.82, 2.24) is 0 Å². The summed E-state index contributed by atoms with van der Waals surface area (Å²) in [5, 5.41) is 0. The second-order valence-electron chi connectivity index (χ2n) is 6.07. The van der Waals surface area contributed by atoms with Gasteiger partial charge in [0.25, 0.3) is 0 Å². The molecule has 0 spiro atoms. The number of carbonyl (C=O) groups is 2. The highest BCUT2D eigenvalue weighted by Crippen LogP contribution is 2.21. The maximum absolute atomic E-state index is 11.0. The normalized spacial score (nSPS) is 13.1. The van der Waals surface area contributed by atoms with Crippen LogP contribution in [0.25, 0.3) is 0 Å². The van der Waals surface area contributed by atoms with Crippen LogP contribution < -0.4 is 11.5 Å². The molecule has 4 N–H and O–H groups in total. The number of hydrogen-bond acceptors (Lipinski definition) is 4. The van der Waals surface area contributed by atoms with Gasteiger partial charge in [0.2, 0.25) is 0 Å². The number of esters is 1. The van der Waals surface area contributed by atoms with E-state index in [0.717, 1.165) is 38.5 Å². The topological polar surface area (TPSA) is 95.4 Å². The average molecular weight is 272 g/mol. The van der Waals surface area contributed by atoms with E-state index in [1.54, 1.807) is 0 Å². The van der Waals surface area contributed by atoms with Gasteiger partial charge in [-0.1, -0.05) is 46.5 Å². The summed E-state index contributed by atoms with van der Waals surface area (Å²) in [6, 6.07) is 0.234. The van der Waals surface area contributed by atoms with Gasteiger partial charge >= 0.3 is 12.1 Å². The van der Waals surface area contributed by atoms with Crippen molar-refractivity contribution in [2.45, 2.75) is 71.8 Å². The number of amides is 1. The van der Waals surface area contributed by atoms with Gasteiger partial charge in [-0.2, -0.15) is 0 Å². The minimum atomic E-state index is -1.03. The van der Waals surface area contributed by atoms with Crippen molar-refractivity contribution in [3.8, 4) is 0 Å². The van der Waals surface area contributed by atoms with Gasteiger partial charge in [0, 0.05) is 12.5 Å². The minimum absolute atomic E-state index is 0.165. The fourth-order valence-corrected chi connectivity index (χ4v) is 1.76. The summed E-state index contributed by atoms with van der Waals surface area (Å²) in [6.45, 7) is 6.46. The summed E-state index contributed by atoms with van der Waals surface area (Å²) >= 11 is 0. The lowest BCUT2D eigenvalue weighted by Gasteiger charge is -2.26. The number of carbonyl (C=O) groups excluding carboxylic acids is 2. The maximum atomic E-state index is 11.0. The predicted octanol–water partition coefficient (Wildman–Crippen LogP) is 2.71. The molecule has 5 heteroatoms. The summed E-state index contributed by atoms with van der Waals surface area (Å²) in [7, 11) is 0. The molecule has 0 aromatic rings. The van der Waals surface area contributed by atoms with E-state index in [9.17, 15) is 9.59 Å². The van der Waals surface area contributed by atoms with Gasteiger partial charge < -0.3 is 16.2 Å². The Hall–Kier alpha value is -1.10. The number of primary amides is 1. The summed E-state index contributed by atoms with van der Waals surface area (Å²) in [5.74, 6) is -0.540. The summed E-state index contributed by atoms with van der Waals surface area (Å²) in [5.41, 5.74) is 11.0. The van der Waals surface area contributed by atoms with Gasteiger partial charge in [-0.25, -0.2) is 4.79 Å². The fraction of sp³-hybridized carbons (Fsp3) is 0.857. The number of nitrogens with two attached hydrogens (primary N) is 2. The first kappa shape index (κ1) is 17.9. The molecule has 0 rings (SSSR count). The third-order valence-electron chi connectivity index (χ3n) is 3.22. The minimum Gasteiger partial charge on any atom is -0.376 e. The molecule has 0 saturated heterocycles.